The van der Waals surface area contributed by atoms with E-state index in [1.165, 1.54) is 212 Å². The molecule has 5 atom stereocenters. The number of carbonyl (C=O) groups excluding carboxylic acids is 4. The lowest BCUT2D eigenvalue weighted by Crippen LogP contribution is -2.30. The molecule has 17 nitrogen and oxygen atoms in total. The summed E-state index contributed by atoms with van der Waals surface area (Å²) in [5.41, 5.74) is 0. The molecule has 0 rings (SSSR count). The van der Waals surface area contributed by atoms with Crippen LogP contribution in [0.5, 0.6) is 0 Å². The van der Waals surface area contributed by atoms with Crippen molar-refractivity contribution in [3.05, 3.63) is 0 Å². The molecule has 0 aliphatic carbocycles. The van der Waals surface area contributed by atoms with E-state index in [0.29, 0.717) is 25.7 Å². The third kappa shape index (κ3) is 70.3. The molecule has 0 amide bonds. The van der Waals surface area contributed by atoms with Gasteiger partial charge in [-0.2, -0.15) is 0 Å². The molecule has 0 aromatic heterocycles. The topological polar surface area (TPSA) is 237 Å². The Bertz CT molecular complexity index is 1840. The fourth-order valence-corrected chi connectivity index (χ4v) is 13.2. The van der Waals surface area contributed by atoms with E-state index in [0.717, 1.165) is 102 Å². The summed E-state index contributed by atoms with van der Waals surface area (Å²) in [4.78, 5) is 72.8. The predicted octanol–water partition coefficient (Wildman–Crippen LogP) is 22.3. The first-order valence-corrected chi connectivity index (χ1v) is 42.5. The highest BCUT2D eigenvalue weighted by Crippen LogP contribution is 2.45. The molecule has 95 heavy (non-hydrogen) atoms. The number of esters is 4. The summed E-state index contributed by atoms with van der Waals surface area (Å²) in [5.74, 6) is -0.552. The Labute approximate surface area is 581 Å². The smallest absolute Gasteiger partial charge is 0.462 e. The Morgan fingerprint density at radius 1 is 0.284 bits per heavy atom. The fraction of sp³-hybridized carbons (Fsp3) is 0.947. The number of aliphatic hydroxyl groups excluding tert-OH is 1. The van der Waals surface area contributed by atoms with Crippen LogP contribution in [0.3, 0.4) is 0 Å². The number of phosphoric ester groups is 2. The number of phosphoric acid groups is 2. The molecule has 19 heteroatoms. The normalized spacial score (nSPS) is 14.0. The van der Waals surface area contributed by atoms with E-state index in [1.807, 2.05) is 0 Å². The zero-order valence-electron chi connectivity index (χ0n) is 62.0. The standard InChI is InChI=1S/C76H148O17P2/c1-7-9-11-13-15-17-19-23-28-36-42-48-54-60-75(80)92-71(64-86-73(78)58-52-46-40-34-26-18-16-14-12-10-8-2)66-90-94(82,83)88-62-70(77)63-89-95(84,85)91-67-72(65-87-74(79)59-53-47-41-35-31-30-33-39-45-51-57-69(5)6)93-76(81)61-55-49-43-37-29-25-22-20-21-24-27-32-38-44-50-56-68(3)4/h68-72,77H,7-67H2,1-6H3,(H,82,83)(H,84,85)/t70-,71+,72+/m0/s1. The molecule has 0 saturated heterocycles. The summed E-state index contributed by atoms with van der Waals surface area (Å²) in [5, 5.41) is 10.6. The molecule has 0 aliphatic rings. The Balaban J connectivity index is 5.24. The molecular weight excluding hydrogens is 1250 g/mol. The third-order valence-electron chi connectivity index (χ3n) is 17.7. The predicted molar refractivity (Wildman–Crippen MR) is 386 cm³/mol. The van der Waals surface area contributed by atoms with Gasteiger partial charge in [0.1, 0.15) is 19.3 Å². The van der Waals surface area contributed by atoms with Crippen LogP contribution in [0, 0.1) is 11.8 Å². The van der Waals surface area contributed by atoms with Crippen molar-refractivity contribution in [2.45, 2.75) is 413 Å². The number of hydrogen-bond donors (Lipinski definition) is 3. The van der Waals surface area contributed by atoms with Gasteiger partial charge in [-0.25, -0.2) is 9.13 Å². The first-order valence-electron chi connectivity index (χ1n) is 39.5. The lowest BCUT2D eigenvalue weighted by atomic mass is 10.0. The SMILES string of the molecule is CCCCCCCCCCCCCCCC(=O)O[C@H](COC(=O)CCCCCCCCCCCCC)COP(=O)(O)OC[C@H](O)COP(=O)(O)OC[C@@H](COC(=O)CCCCCCCCCCCCC(C)C)OC(=O)CCCCCCCCCCCCCCCCCC(C)C. The summed E-state index contributed by atoms with van der Waals surface area (Å²) in [6.45, 7) is 9.62. The third-order valence-corrected chi connectivity index (χ3v) is 19.6. The second-order valence-corrected chi connectivity index (χ2v) is 31.3. The van der Waals surface area contributed by atoms with Crippen LogP contribution in [-0.2, 0) is 65.4 Å². The lowest BCUT2D eigenvalue weighted by Gasteiger charge is -2.21. The van der Waals surface area contributed by atoms with Crippen LogP contribution in [-0.4, -0.2) is 96.7 Å². The maximum Gasteiger partial charge on any atom is 0.472 e. The molecule has 2 unspecified atom stereocenters. The van der Waals surface area contributed by atoms with Gasteiger partial charge in [-0.1, -0.05) is 343 Å². The fourth-order valence-electron chi connectivity index (χ4n) is 11.7. The number of aliphatic hydroxyl groups is 1. The zero-order chi connectivity index (χ0) is 70.0. The molecule has 564 valence electrons. The van der Waals surface area contributed by atoms with Crippen molar-refractivity contribution in [3.8, 4) is 0 Å². The molecule has 0 radical (unpaired) electrons. The Morgan fingerprint density at radius 2 is 0.484 bits per heavy atom. The summed E-state index contributed by atoms with van der Waals surface area (Å²) < 4.78 is 68.5. The van der Waals surface area contributed by atoms with Crippen molar-refractivity contribution in [2.75, 3.05) is 39.6 Å². The monoisotopic (exact) mass is 1400 g/mol. The Hall–Kier alpha value is -1.94. The van der Waals surface area contributed by atoms with Crippen molar-refractivity contribution in [2.24, 2.45) is 11.8 Å². The first-order chi connectivity index (χ1) is 45.9. The average Bonchev–Trinajstić information content (AvgIpc) is 1.40. The van der Waals surface area contributed by atoms with Crippen LogP contribution < -0.4 is 0 Å². The molecule has 0 bridgehead atoms. The van der Waals surface area contributed by atoms with Gasteiger partial charge in [-0.05, 0) is 37.5 Å². The van der Waals surface area contributed by atoms with E-state index in [-0.39, 0.29) is 25.7 Å². The molecule has 0 heterocycles. The van der Waals surface area contributed by atoms with Gasteiger partial charge in [0.2, 0.25) is 0 Å². The summed E-state index contributed by atoms with van der Waals surface area (Å²) in [6, 6.07) is 0. The largest absolute Gasteiger partial charge is 0.472 e. The maximum absolute atomic E-state index is 13.1. The van der Waals surface area contributed by atoms with Gasteiger partial charge < -0.3 is 33.8 Å². The highest BCUT2D eigenvalue weighted by Gasteiger charge is 2.30. The van der Waals surface area contributed by atoms with Crippen molar-refractivity contribution < 1.29 is 80.2 Å². The van der Waals surface area contributed by atoms with Gasteiger partial charge in [-0.3, -0.25) is 37.3 Å². The molecule has 0 spiro atoms. The average molecular weight is 1400 g/mol. The maximum atomic E-state index is 13.1. The summed E-state index contributed by atoms with van der Waals surface area (Å²) in [7, 11) is -9.91. The number of unbranched alkanes of at least 4 members (excludes halogenated alkanes) is 45. The molecule has 0 saturated carbocycles. The van der Waals surface area contributed by atoms with Crippen LogP contribution in [0.25, 0.3) is 0 Å². The van der Waals surface area contributed by atoms with Gasteiger partial charge in [0.15, 0.2) is 12.2 Å². The second kappa shape index (κ2) is 67.9. The molecule has 0 fully saturated rings. The molecule has 0 aliphatic heterocycles. The molecule has 0 aromatic carbocycles. The highest BCUT2D eigenvalue weighted by atomic mass is 31.2. The van der Waals surface area contributed by atoms with Crippen LogP contribution in [0.15, 0.2) is 0 Å². The van der Waals surface area contributed by atoms with E-state index >= 15 is 0 Å². The van der Waals surface area contributed by atoms with Crippen molar-refractivity contribution in [1.82, 2.24) is 0 Å². The number of ether oxygens (including phenoxy) is 4. The first kappa shape index (κ1) is 93.1. The van der Waals surface area contributed by atoms with Crippen LogP contribution in [0.1, 0.15) is 395 Å². The Morgan fingerprint density at radius 3 is 0.716 bits per heavy atom. The van der Waals surface area contributed by atoms with Gasteiger partial charge in [0, 0.05) is 25.7 Å². The Kier molecular flexibility index (Phi) is 66.5. The van der Waals surface area contributed by atoms with Crippen molar-refractivity contribution in [1.29, 1.82) is 0 Å². The van der Waals surface area contributed by atoms with Crippen molar-refractivity contribution >= 4 is 39.5 Å². The van der Waals surface area contributed by atoms with Gasteiger partial charge in [-0.15, -0.1) is 0 Å². The van der Waals surface area contributed by atoms with Crippen molar-refractivity contribution in [3.63, 3.8) is 0 Å². The van der Waals surface area contributed by atoms with Gasteiger partial charge >= 0.3 is 39.5 Å². The van der Waals surface area contributed by atoms with Crippen LogP contribution in [0.2, 0.25) is 0 Å². The lowest BCUT2D eigenvalue weighted by molar-refractivity contribution is -0.161. The molecular formula is C76H148O17P2. The van der Waals surface area contributed by atoms with Crippen LogP contribution >= 0.6 is 15.6 Å². The second-order valence-electron chi connectivity index (χ2n) is 28.3. The quantitative estimate of drug-likeness (QED) is 0.0222. The van der Waals surface area contributed by atoms with Gasteiger partial charge in [0.25, 0.3) is 0 Å². The number of carbonyl (C=O) groups is 4. The highest BCUT2D eigenvalue weighted by molar-refractivity contribution is 7.47. The summed E-state index contributed by atoms with van der Waals surface area (Å²) >= 11 is 0. The van der Waals surface area contributed by atoms with Crippen LogP contribution in [0.4, 0.5) is 0 Å². The minimum atomic E-state index is -4.96. The zero-order valence-corrected chi connectivity index (χ0v) is 63.8. The van der Waals surface area contributed by atoms with E-state index in [9.17, 15) is 43.2 Å². The van der Waals surface area contributed by atoms with E-state index in [1.54, 1.807) is 0 Å². The molecule has 3 N–H and O–H groups in total. The minimum absolute atomic E-state index is 0.108. The number of hydrogen-bond acceptors (Lipinski definition) is 15. The van der Waals surface area contributed by atoms with Gasteiger partial charge in [0.05, 0.1) is 26.4 Å². The minimum Gasteiger partial charge on any atom is -0.462 e. The van der Waals surface area contributed by atoms with E-state index < -0.39 is 97.5 Å². The van der Waals surface area contributed by atoms with E-state index in [4.69, 9.17) is 37.0 Å². The number of rotatable bonds is 75. The van der Waals surface area contributed by atoms with E-state index in [2.05, 4.69) is 41.5 Å². The molecule has 0 aromatic rings. The summed E-state index contributed by atoms with van der Waals surface area (Å²) in [6.07, 6.45) is 55.3.